The van der Waals surface area contributed by atoms with Gasteiger partial charge in [-0.2, -0.15) is 0 Å². The van der Waals surface area contributed by atoms with Gasteiger partial charge in [0.15, 0.2) is 5.78 Å². The summed E-state index contributed by atoms with van der Waals surface area (Å²) in [4.78, 5) is 45.4. The summed E-state index contributed by atoms with van der Waals surface area (Å²) in [6.45, 7) is 3.00. The molecule has 84 heavy (non-hydrogen) atoms. The molecule has 0 spiro atoms. The van der Waals surface area contributed by atoms with Gasteiger partial charge in [0.25, 0.3) is 20.0 Å². The number of carbonyl (C=O) groups is 4. The smallest absolute Gasteiger partial charge is 0.335 e. The molecule has 432 valence electrons. The maximum atomic E-state index is 12.8. The van der Waals surface area contributed by atoms with Crippen LogP contribution in [-0.2, 0) is 68.6 Å². The van der Waals surface area contributed by atoms with E-state index in [1.54, 1.807) is 116 Å². The molecule has 0 aliphatic heterocycles. The third kappa shape index (κ3) is 17.8. The van der Waals surface area contributed by atoms with Crippen molar-refractivity contribution in [2.45, 2.75) is 62.2 Å². The third-order valence-electron chi connectivity index (χ3n) is 13.4. The molecule has 16 nitrogen and oxygen atoms in total. The number of hydrogen-bond acceptors (Lipinski definition) is 10. The summed E-state index contributed by atoms with van der Waals surface area (Å²) in [6.07, 6.45) is 3.74. The number of carboxylic acid groups (broad SMARTS) is 3. The summed E-state index contributed by atoms with van der Waals surface area (Å²) in [5.41, 5.74) is 8.07. The summed E-state index contributed by atoms with van der Waals surface area (Å²) in [5, 5.41) is 29.6. The van der Waals surface area contributed by atoms with Crippen molar-refractivity contribution in [2.24, 2.45) is 0 Å². The Labute approximate surface area is 488 Å². The second-order valence-electron chi connectivity index (χ2n) is 19.3. The number of benzene rings is 9. The van der Waals surface area contributed by atoms with Crippen molar-refractivity contribution >= 4 is 81.6 Å². The van der Waals surface area contributed by atoms with Crippen molar-refractivity contribution in [2.75, 3.05) is 19.9 Å². The van der Waals surface area contributed by atoms with E-state index >= 15 is 0 Å². The molecule has 9 aromatic rings. The van der Waals surface area contributed by atoms with Crippen LogP contribution in [0.25, 0.3) is 10.8 Å². The van der Waals surface area contributed by atoms with Gasteiger partial charge in [-0.3, -0.25) is 19.0 Å². The number of aryl methyl sites for hydroxylation is 6. The van der Waals surface area contributed by atoms with Crippen molar-refractivity contribution in [3.8, 4) is 0 Å². The van der Waals surface area contributed by atoms with E-state index in [-0.39, 0.29) is 26.9 Å². The molecule has 0 fully saturated rings. The topological polar surface area (TPSA) is 267 Å². The van der Waals surface area contributed by atoms with Gasteiger partial charge >= 0.3 is 17.9 Å². The van der Waals surface area contributed by atoms with Gasteiger partial charge in [0.05, 0.1) is 32.2 Å². The number of Topliss-reactive ketones (excluding diaryl/α,β-unsaturated/α-hetero) is 1. The normalized spacial score (nSPS) is 11.2. The van der Waals surface area contributed by atoms with Gasteiger partial charge in [0.2, 0.25) is 10.0 Å². The van der Waals surface area contributed by atoms with Gasteiger partial charge < -0.3 is 15.3 Å². The second kappa shape index (κ2) is 28.5. The van der Waals surface area contributed by atoms with E-state index in [0.717, 1.165) is 44.2 Å². The van der Waals surface area contributed by atoms with Crippen LogP contribution in [0.1, 0.15) is 88.7 Å². The van der Waals surface area contributed by atoms with Crippen LogP contribution in [0.4, 0.5) is 17.1 Å². The van der Waals surface area contributed by atoms with E-state index in [1.165, 1.54) is 31.2 Å². The van der Waals surface area contributed by atoms with Crippen LogP contribution < -0.4 is 14.2 Å². The van der Waals surface area contributed by atoms with Gasteiger partial charge in [0, 0.05) is 22.6 Å². The highest BCUT2D eigenvalue weighted by Gasteiger charge is 2.18. The Bertz CT molecular complexity index is 4140. The van der Waals surface area contributed by atoms with Crippen LogP contribution in [0, 0.1) is 0 Å². The number of nitrogens with one attached hydrogen (secondary N) is 3. The molecule has 0 aliphatic carbocycles. The lowest BCUT2D eigenvalue weighted by atomic mass is 10.00. The zero-order valence-corrected chi connectivity index (χ0v) is 48.3. The minimum atomic E-state index is -3.77. The van der Waals surface area contributed by atoms with Crippen LogP contribution in [0.3, 0.4) is 0 Å². The molecule has 0 aliphatic rings. The zero-order valence-electron chi connectivity index (χ0n) is 45.8. The average molecular weight is 1190 g/mol. The number of rotatable bonds is 22. The molecule has 0 unspecified atom stereocenters. The lowest BCUT2D eigenvalue weighted by molar-refractivity contribution is 0.0684. The van der Waals surface area contributed by atoms with Gasteiger partial charge in [-0.15, -0.1) is 0 Å². The summed E-state index contributed by atoms with van der Waals surface area (Å²) in [5.74, 6) is -2.92. The Hall–Kier alpha value is -9.43. The highest BCUT2D eigenvalue weighted by molar-refractivity contribution is 7.93. The van der Waals surface area contributed by atoms with Crippen LogP contribution in [0.15, 0.2) is 222 Å². The monoisotopic (exact) mass is 1190 g/mol. The van der Waals surface area contributed by atoms with E-state index in [4.69, 9.17) is 5.11 Å². The average Bonchev–Trinajstić information content (AvgIpc) is 3.65. The highest BCUT2D eigenvalue weighted by atomic mass is 32.2. The number of anilines is 3. The van der Waals surface area contributed by atoms with Gasteiger partial charge in [-0.25, -0.2) is 39.6 Å². The SMILES string of the molecule is CC(=O)c1ccc(S(=O)(=O)Nc2ccc(CCc3ccccc3C(=O)O)cc2)cc1.CCS(=O)(=O)Nc1ccc(CCc2ccccc2C(=O)O)cc1.O=C(O)c1ccccc1CCc1ccc(NS(=O)(=O)c2ccc3ccccc3c2)cc1. The van der Waals surface area contributed by atoms with Crippen molar-refractivity contribution in [1.29, 1.82) is 0 Å². The Kier molecular flexibility index (Phi) is 21.1. The molecule has 0 saturated heterocycles. The van der Waals surface area contributed by atoms with Crippen LogP contribution >= 0.6 is 0 Å². The molecular formula is C65H61N3O13S3. The number of sulfonamides is 3. The van der Waals surface area contributed by atoms with E-state index < -0.39 is 48.0 Å². The van der Waals surface area contributed by atoms with Gasteiger partial charge in [-0.1, -0.05) is 133 Å². The van der Waals surface area contributed by atoms with Gasteiger partial charge in [-0.05, 0) is 175 Å². The maximum Gasteiger partial charge on any atom is 0.335 e. The Morgan fingerprint density at radius 2 is 0.702 bits per heavy atom. The summed E-state index contributed by atoms with van der Waals surface area (Å²) < 4.78 is 81.2. The number of hydrogen-bond donors (Lipinski definition) is 6. The Morgan fingerprint density at radius 1 is 0.369 bits per heavy atom. The number of aromatic carboxylic acids is 3. The Balaban J connectivity index is 0.000000183. The fourth-order valence-electron chi connectivity index (χ4n) is 8.78. The summed E-state index contributed by atoms with van der Waals surface area (Å²) in [6, 6.07) is 60.4. The largest absolute Gasteiger partial charge is 0.478 e. The molecule has 19 heteroatoms. The van der Waals surface area contributed by atoms with Crippen LogP contribution in [0.2, 0.25) is 0 Å². The standard InChI is InChI=1S/C25H21NO4S.C23H21NO5S.C17H19NO4S/c27-25(28)24-8-4-3-6-20(24)12-9-18-10-14-22(15-11-18)26-31(29,30)23-16-13-19-5-1-2-7-21(19)17-23;1-16(25)18-10-14-21(15-11-18)30(28,29)24-20-12-7-17(8-13-20)6-9-19-4-2-3-5-22(19)23(26)27;1-2-23(21,22)18-15-11-8-13(9-12-15)7-10-14-5-3-4-6-16(14)17(19)20/h1-8,10-11,13-17,26H,9,12H2,(H,27,28);2-5,7-8,10-15,24H,6,9H2,1H3,(H,26,27);3-6,8-9,11-12,18H,2,7,10H2,1H3,(H,19,20). The quantitative estimate of drug-likeness (QED) is 0.0345. The number of carboxylic acids is 3. The van der Waals surface area contributed by atoms with E-state index in [2.05, 4.69) is 14.2 Å². The van der Waals surface area contributed by atoms with Crippen molar-refractivity contribution in [1.82, 2.24) is 0 Å². The Morgan fingerprint density at radius 3 is 1.07 bits per heavy atom. The zero-order chi connectivity index (χ0) is 60.4. The molecule has 0 bridgehead atoms. The lowest BCUT2D eigenvalue weighted by Gasteiger charge is -2.10. The number of carbonyl (C=O) groups excluding carboxylic acids is 1. The molecule has 0 amide bonds. The maximum absolute atomic E-state index is 12.8. The van der Waals surface area contributed by atoms with Crippen molar-refractivity contribution in [3.05, 3.63) is 268 Å². The van der Waals surface area contributed by atoms with E-state index in [1.807, 2.05) is 78.9 Å². The molecule has 0 radical (unpaired) electrons. The predicted octanol–water partition coefficient (Wildman–Crippen LogP) is 12.2. The van der Waals surface area contributed by atoms with Crippen molar-refractivity contribution < 1.29 is 59.8 Å². The molecule has 0 atom stereocenters. The second-order valence-corrected chi connectivity index (χ2v) is 24.7. The first kappa shape index (κ1) is 62.2. The fraction of sp³-hybridized carbons (Fsp3) is 0.138. The minimum absolute atomic E-state index is 0.0285. The first-order chi connectivity index (χ1) is 40.1. The molecular weight excluding hydrogens is 1130 g/mol. The molecule has 0 aromatic heterocycles. The van der Waals surface area contributed by atoms with Crippen LogP contribution in [0.5, 0.6) is 0 Å². The predicted molar refractivity (Wildman–Crippen MR) is 327 cm³/mol. The molecule has 0 saturated carbocycles. The van der Waals surface area contributed by atoms with Crippen LogP contribution in [-0.4, -0.2) is 70.0 Å². The molecule has 9 aromatic carbocycles. The summed E-state index contributed by atoms with van der Waals surface area (Å²) in [7, 11) is -10.7. The number of ketones is 1. The van der Waals surface area contributed by atoms with E-state index in [0.29, 0.717) is 72.3 Å². The molecule has 6 N–H and O–H groups in total. The highest BCUT2D eigenvalue weighted by Crippen LogP contribution is 2.24. The molecule has 0 heterocycles. The molecule has 9 rings (SSSR count). The lowest BCUT2D eigenvalue weighted by Crippen LogP contribution is -2.14. The minimum Gasteiger partial charge on any atom is -0.478 e. The fourth-order valence-corrected chi connectivity index (χ4v) is 11.6. The first-order valence-corrected chi connectivity index (χ1v) is 31.1. The van der Waals surface area contributed by atoms with Gasteiger partial charge in [0.1, 0.15) is 0 Å². The van der Waals surface area contributed by atoms with E-state index in [9.17, 15) is 54.6 Å². The first-order valence-electron chi connectivity index (χ1n) is 26.5. The third-order valence-corrected chi connectivity index (χ3v) is 17.5. The summed E-state index contributed by atoms with van der Waals surface area (Å²) >= 11 is 0. The van der Waals surface area contributed by atoms with Crippen molar-refractivity contribution in [3.63, 3.8) is 0 Å². The number of fused-ring (bicyclic) bond motifs is 1.